The van der Waals surface area contributed by atoms with Crippen LogP contribution in [0.3, 0.4) is 0 Å². The van der Waals surface area contributed by atoms with E-state index in [4.69, 9.17) is 0 Å². The fourth-order valence-electron chi connectivity index (χ4n) is 3.65. The topological polar surface area (TPSA) is 72.3 Å². The quantitative estimate of drug-likeness (QED) is 0.511. The molecule has 0 saturated carbocycles. The van der Waals surface area contributed by atoms with Gasteiger partial charge >= 0.3 is 0 Å². The lowest BCUT2D eigenvalue weighted by molar-refractivity contribution is 0.0637. The summed E-state index contributed by atoms with van der Waals surface area (Å²) in [4.78, 5) is 44.6. The standard InChI is InChI=1S/C23H15N3O3/c27-21-16-10-4-5-11-17(16)22(28)25(21)14-20-24-19-13-7-6-12-18(19)23(29)26(20)15-8-2-1-3-9-15/h1-13H,14H2. The molecule has 0 spiro atoms. The van der Waals surface area contributed by atoms with E-state index in [0.717, 1.165) is 4.90 Å². The Morgan fingerprint density at radius 2 is 1.28 bits per heavy atom. The average Bonchev–Trinajstić information content (AvgIpc) is 3.00. The van der Waals surface area contributed by atoms with Gasteiger partial charge in [-0.25, -0.2) is 4.98 Å². The van der Waals surface area contributed by atoms with E-state index in [1.807, 2.05) is 18.2 Å². The Morgan fingerprint density at radius 3 is 1.97 bits per heavy atom. The van der Waals surface area contributed by atoms with Crippen molar-refractivity contribution in [3.8, 4) is 5.69 Å². The van der Waals surface area contributed by atoms with Gasteiger partial charge in [-0.1, -0.05) is 42.5 Å². The van der Waals surface area contributed by atoms with Crippen LogP contribution in [0.5, 0.6) is 0 Å². The highest BCUT2D eigenvalue weighted by Crippen LogP contribution is 2.24. The van der Waals surface area contributed by atoms with Gasteiger partial charge in [0, 0.05) is 0 Å². The van der Waals surface area contributed by atoms with E-state index >= 15 is 0 Å². The molecule has 4 aromatic rings. The number of fused-ring (bicyclic) bond motifs is 2. The second-order valence-corrected chi connectivity index (χ2v) is 6.76. The van der Waals surface area contributed by atoms with E-state index in [9.17, 15) is 14.4 Å². The summed E-state index contributed by atoms with van der Waals surface area (Å²) in [5, 5.41) is 0.475. The van der Waals surface area contributed by atoms with E-state index in [1.54, 1.807) is 60.7 Å². The summed E-state index contributed by atoms with van der Waals surface area (Å²) >= 11 is 0. The molecule has 0 aliphatic carbocycles. The fourth-order valence-corrected chi connectivity index (χ4v) is 3.65. The first kappa shape index (κ1) is 17.1. The summed E-state index contributed by atoms with van der Waals surface area (Å²) in [5.41, 5.74) is 1.64. The first-order valence-corrected chi connectivity index (χ1v) is 9.16. The van der Waals surface area contributed by atoms with Crippen molar-refractivity contribution in [2.75, 3.05) is 0 Å². The molecule has 0 unspecified atom stereocenters. The van der Waals surface area contributed by atoms with Crippen LogP contribution in [0.25, 0.3) is 16.6 Å². The molecule has 0 bridgehead atoms. The van der Waals surface area contributed by atoms with E-state index < -0.39 is 0 Å². The number of amides is 2. The largest absolute Gasteiger partial charge is 0.269 e. The van der Waals surface area contributed by atoms with Gasteiger partial charge in [-0.3, -0.25) is 23.9 Å². The third-order valence-corrected chi connectivity index (χ3v) is 5.04. The second kappa shape index (κ2) is 6.53. The molecule has 6 nitrogen and oxygen atoms in total. The number of rotatable bonds is 3. The van der Waals surface area contributed by atoms with Gasteiger partial charge in [-0.05, 0) is 36.4 Å². The van der Waals surface area contributed by atoms with Crippen molar-refractivity contribution in [2.24, 2.45) is 0 Å². The molecule has 0 radical (unpaired) electrons. The van der Waals surface area contributed by atoms with Crippen molar-refractivity contribution in [3.63, 3.8) is 0 Å². The average molecular weight is 381 g/mol. The molecule has 2 amide bonds. The van der Waals surface area contributed by atoms with Gasteiger partial charge in [0.05, 0.1) is 34.3 Å². The molecule has 1 aliphatic heterocycles. The zero-order chi connectivity index (χ0) is 20.0. The van der Waals surface area contributed by atoms with E-state index in [-0.39, 0.29) is 23.9 Å². The van der Waals surface area contributed by atoms with Gasteiger partial charge < -0.3 is 0 Å². The minimum Gasteiger partial charge on any atom is -0.269 e. The molecule has 2 heterocycles. The number of aromatic nitrogens is 2. The normalized spacial score (nSPS) is 13.2. The lowest BCUT2D eigenvalue weighted by Gasteiger charge is -2.18. The van der Waals surface area contributed by atoms with Gasteiger partial charge in [0.1, 0.15) is 5.82 Å². The SMILES string of the molecule is O=C1c2ccccc2C(=O)N1Cc1nc2ccccc2c(=O)n1-c1ccccc1. The van der Waals surface area contributed by atoms with Crippen molar-refractivity contribution < 1.29 is 9.59 Å². The maximum atomic E-state index is 13.2. The molecular weight excluding hydrogens is 366 g/mol. The third kappa shape index (κ3) is 2.65. The minimum atomic E-state index is -0.382. The number of para-hydroxylation sites is 2. The Balaban J connectivity index is 1.69. The Morgan fingerprint density at radius 1 is 0.690 bits per heavy atom. The van der Waals surface area contributed by atoms with Crippen molar-refractivity contribution >= 4 is 22.7 Å². The van der Waals surface area contributed by atoms with E-state index in [2.05, 4.69) is 4.98 Å². The second-order valence-electron chi connectivity index (χ2n) is 6.76. The highest BCUT2D eigenvalue weighted by Gasteiger charge is 2.36. The van der Waals surface area contributed by atoms with Crippen LogP contribution in [-0.2, 0) is 6.54 Å². The van der Waals surface area contributed by atoms with Crippen LogP contribution in [-0.4, -0.2) is 26.3 Å². The molecule has 0 atom stereocenters. The number of benzene rings is 3. The summed E-state index contributed by atoms with van der Waals surface area (Å²) < 4.78 is 1.46. The van der Waals surface area contributed by atoms with Gasteiger partial charge in [-0.15, -0.1) is 0 Å². The van der Waals surface area contributed by atoms with Gasteiger partial charge in [0.2, 0.25) is 0 Å². The lowest BCUT2D eigenvalue weighted by Crippen LogP contribution is -2.33. The minimum absolute atomic E-state index is 0.0959. The Hall–Kier alpha value is -4.06. The van der Waals surface area contributed by atoms with Gasteiger partial charge in [0.15, 0.2) is 0 Å². The predicted molar refractivity (Wildman–Crippen MR) is 108 cm³/mol. The monoisotopic (exact) mass is 381 g/mol. The number of nitrogens with zero attached hydrogens (tertiary/aromatic N) is 3. The summed E-state index contributed by atoms with van der Waals surface area (Å²) in [5.74, 6) is -0.436. The molecule has 6 heteroatoms. The van der Waals surface area contributed by atoms with Gasteiger partial charge in [-0.2, -0.15) is 0 Å². The maximum Gasteiger partial charge on any atom is 0.266 e. The molecule has 29 heavy (non-hydrogen) atoms. The fraction of sp³-hybridized carbons (Fsp3) is 0.0435. The van der Waals surface area contributed by atoms with Crippen molar-refractivity contribution in [1.82, 2.24) is 14.5 Å². The van der Waals surface area contributed by atoms with E-state index in [0.29, 0.717) is 33.5 Å². The molecule has 1 aliphatic rings. The van der Waals surface area contributed by atoms with Crippen molar-refractivity contribution in [2.45, 2.75) is 6.54 Å². The van der Waals surface area contributed by atoms with Crippen LogP contribution in [0.1, 0.15) is 26.5 Å². The number of hydrogen-bond acceptors (Lipinski definition) is 4. The zero-order valence-corrected chi connectivity index (χ0v) is 15.3. The Bertz CT molecular complexity index is 1310. The van der Waals surface area contributed by atoms with E-state index in [1.165, 1.54) is 4.57 Å². The molecular formula is C23H15N3O3. The Kier molecular flexibility index (Phi) is 3.84. The Labute approximate surface area is 165 Å². The lowest BCUT2D eigenvalue weighted by atomic mass is 10.1. The first-order valence-electron chi connectivity index (χ1n) is 9.16. The van der Waals surface area contributed by atoms with Crippen molar-refractivity contribution in [3.05, 3.63) is 106 Å². The highest BCUT2D eigenvalue weighted by molar-refractivity contribution is 6.21. The molecule has 0 fully saturated rings. The van der Waals surface area contributed by atoms with Crippen LogP contribution in [0, 0.1) is 0 Å². The van der Waals surface area contributed by atoms with Crippen LogP contribution < -0.4 is 5.56 Å². The highest BCUT2D eigenvalue weighted by atomic mass is 16.2. The summed E-state index contributed by atoms with van der Waals surface area (Å²) in [6.45, 7) is -0.0959. The summed E-state index contributed by atoms with van der Waals surface area (Å²) in [7, 11) is 0. The van der Waals surface area contributed by atoms with Crippen LogP contribution in [0.4, 0.5) is 0 Å². The molecule has 3 aromatic carbocycles. The van der Waals surface area contributed by atoms with Gasteiger partial charge in [0.25, 0.3) is 17.4 Å². The molecule has 0 N–H and O–H groups in total. The predicted octanol–water partition coefficient (Wildman–Crippen LogP) is 3.18. The summed E-state index contributed by atoms with van der Waals surface area (Å²) in [6.07, 6.45) is 0. The molecule has 1 aromatic heterocycles. The number of imide groups is 1. The van der Waals surface area contributed by atoms with Crippen LogP contribution in [0.15, 0.2) is 83.7 Å². The molecule has 0 saturated heterocycles. The van der Waals surface area contributed by atoms with Crippen LogP contribution in [0.2, 0.25) is 0 Å². The van der Waals surface area contributed by atoms with Crippen LogP contribution >= 0.6 is 0 Å². The third-order valence-electron chi connectivity index (χ3n) is 5.04. The number of carbonyl (C=O) groups excluding carboxylic acids is 2. The van der Waals surface area contributed by atoms with Crippen molar-refractivity contribution in [1.29, 1.82) is 0 Å². The molecule has 5 rings (SSSR count). The smallest absolute Gasteiger partial charge is 0.266 e. The zero-order valence-electron chi connectivity index (χ0n) is 15.3. The molecule has 140 valence electrons. The number of hydrogen-bond donors (Lipinski definition) is 0. The summed E-state index contributed by atoms with van der Waals surface area (Å²) in [6, 6.07) is 22.8. The number of carbonyl (C=O) groups is 2. The first-order chi connectivity index (χ1) is 14.1. The maximum absolute atomic E-state index is 13.2.